The number of rotatable bonds is 4. The number of piperidine rings is 1. The van der Waals surface area contributed by atoms with E-state index in [1.54, 1.807) is 4.90 Å². The van der Waals surface area contributed by atoms with Gasteiger partial charge in [-0.2, -0.15) is 5.10 Å². The zero-order valence-corrected chi connectivity index (χ0v) is 15.1. The summed E-state index contributed by atoms with van der Waals surface area (Å²) in [6, 6.07) is 0.589. The third-order valence-electron chi connectivity index (χ3n) is 5.38. The van der Waals surface area contributed by atoms with E-state index in [1.165, 1.54) is 6.33 Å². The minimum Gasteiger partial charge on any atom is -0.339 e. The molecule has 2 aliphatic heterocycles. The van der Waals surface area contributed by atoms with E-state index in [0.29, 0.717) is 44.6 Å². The molecule has 0 aliphatic carbocycles. The number of aromatic nitrogens is 3. The largest absolute Gasteiger partial charge is 0.339 e. The lowest BCUT2D eigenvalue weighted by atomic mass is 9.92. The first-order valence-corrected chi connectivity index (χ1v) is 9.21. The third-order valence-corrected chi connectivity index (χ3v) is 5.38. The van der Waals surface area contributed by atoms with Crippen LogP contribution in [0.5, 0.6) is 0 Å². The molecule has 2 amide bonds. The molecule has 1 N–H and O–H groups in total. The molecule has 25 heavy (non-hydrogen) atoms. The fourth-order valence-electron chi connectivity index (χ4n) is 3.67. The molecule has 0 spiro atoms. The van der Waals surface area contributed by atoms with Crippen LogP contribution >= 0.6 is 0 Å². The van der Waals surface area contributed by atoms with Crippen LogP contribution in [0.2, 0.25) is 0 Å². The Labute approximate surface area is 148 Å². The molecule has 8 heteroatoms. The zero-order valence-electron chi connectivity index (χ0n) is 15.1. The van der Waals surface area contributed by atoms with E-state index in [4.69, 9.17) is 0 Å². The van der Waals surface area contributed by atoms with E-state index in [2.05, 4.69) is 33.9 Å². The number of hydrogen-bond acceptors (Lipinski definition) is 5. The number of nitrogens with one attached hydrogen (secondary N) is 1. The molecule has 0 unspecified atom stereocenters. The van der Waals surface area contributed by atoms with E-state index in [9.17, 15) is 9.59 Å². The molecule has 2 saturated heterocycles. The number of aromatic amines is 1. The molecule has 0 radical (unpaired) electrons. The maximum Gasteiger partial charge on any atom is 0.291 e. The standard InChI is InChI=1S/C17H28N6O2/c1-13(2)21-5-3-14(4-6-21)11-15(24)22-7-9-23(10-8-22)17(25)16-18-12-19-20-16/h12-14H,3-11H2,1-2H3,(H,18,19,20). The molecular formula is C17H28N6O2. The van der Waals surface area contributed by atoms with Gasteiger partial charge in [0.25, 0.3) is 5.91 Å². The second-order valence-corrected chi connectivity index (χ2v) is 7.28. The third kappa shape index (κ3) is 4.36. The molecule has 0 atom stereocenters. The number of carbonyl (C=O) groups is 2. The predicted octanol–water partition coefficient (Wildman–Crippen LogP) is 0.600. The summed E-state index contributed by atoms with van der Waals surface area (Å²) in [6.45, 7) is 8.95. The van der Waals surface area contributed by atoms with Crippen molar-refractivity contribution in [3.63, 3.8) is 0 Å². The first-order valence-electron chi connectivity index (χ1n) is 9.21. The number of H-pyrrole nitrogens is 1. The van der Waals surface area contributed by atoms with Gasteiger partial charge < -0.3 is 14.7 Å². The highest BCUT2D eigenvalue weighted by molar-refractivity contribution is 5.90. The van der Waals surface area contributed by atoms with Gasteiger partial charge in [-0.3, -0.25) is 14.7 Å². The Morgan fingerprint density at radius 2 is 1.76 bits per heavy atom. The normalized spacial score (nSPS) is 20.3. The SMILES string of the molecule is CC(C)N1CCC(CC(=O)N2CCN(C(=O)c3ncn[nH]3)CC2)CC1. The molecular weight excluding hydrogens is 320 g/mol. The van der Waals surface area contributed by atoms with Crippen LogP contribution in [0.4, 0.5) is 0 Å². The number of amides is 2. The highest BCUT2D eigenvalue weighted by atomic mass is 16.2. The average Bonchev–Trinajstić information content (AvgIpc) is 3.16. The van der Waals surface area contributed by atoms with Crippen molar-refractivity contribution in [2.24, 2.45) is 5.92 Å². The van der Waals surface area contributed by atoms with Crippen molar-refractivity contribution >= 4 is 11.8 Å². The maximum atomic E-state index is 12.6. The van der Waals surface area contributed by atoms with Crippen LogP contribution in [0.1, 0.15) is 43.7 Å². The van der Waals surface area contributed by atoms with E-state index >= 15 is 0 Å². The molecule has 3 rings (SSSR count). The summed E-state index contributed by atoms with van der Waals surface area (Å²) >= 11 is 0. The minimum atomic E-state index is -0.148. The summed E-state index contributed by atoms with van der Waals surface area (Å²) in [6.07, 6.45) is 4.18. The van der Waals surface area contributed by atoms with E-state index < -0.39 is 0 Å². The van der Waals surface area contributed by atoms with Crippen molar-refractivity contribution < 1.29 is 9.59 Å². The van der Waals surface area contributed by atoms with E-state index in [1.807, 2.05) is 4.90 Å². The molecule has 0 bridgehead atoms. The van der Waals surface area contributed by atoms with Gasteiger partial charge >= 0.3 is 0 Å². The monoisotopic (exact) mass is 348 g/mol. The molecule has 8 nitrogen and oxygen atoms in total. The number of piperazine rings is 1. The Hall–Kier alpha value is -1.96. The van der Waals surface area contributed by atoms with Crippen molar-refractivity contribution in [2.45, 2.75) is 39.2 Å². The Morgan fingerprint density at radius 3 is 2.32 bits per heavy atom. The first-order chi connectivity index (χ1) is 12.0. The smallest absolute Gasteiger partial charge is 0.291 e. The van der Waals surface area contributed by atoms with Gasteiger partial charge in [-0.25, -0.2) is 4.98 Å². The number of hydrogen-bond donors (Lipinski definition) is 1. The lowest BCUT2D eigenvalue weighted by Gasteiger charge is -2.37. The Balaban J connectivity index is 1.42. The number of carbonyl (C=O) groups excluding carboxylic acids is 2. The Kier molecular flexibility index (Phi) is 5.67. The lowest BCUT2D eigenvalue weighted by Crippen LogP contribution is -2.51. The van der Waals surface area contributed by atoms with Crippen molar-refractivity contribution in [1.29, 1.82) is 0 Å². The first kappa shape index (κ1) is 17.8. The van der Waals surface area contributed by atoms with Crippen LogP contribution < -0.4 is 0 Å². The van der Waals surface area contributed by atoms with Crippen molar-refractivity contribution in [1.82, 2.24) is 29.9 Å². The number of likely N-dealkylation sites (tertiary alicyclic amines) is 1. The molecule has 138 valence electrons. The van der Waals surface area contributed by atoms with Gasteiger partial charge in [-0.05, 0) is 45.7 Å². The lowest BCUT2D eigenvalue weighted by molar-refractivity contribution is -0.134. The summed E-state index contributed by atoms with van der Waals surface area (Å²) < 4.78 is 0. The van der Waals surface area contributed by atoms with Crippen LogP contribution in [0, 0.1) is 5.92 Å². The van der Waals surface area contributed by atoms with Gasteiger partial charge in [0, 0.05) is 38.6 Å². The molecule has 2 fully saturated rings. The van der Waals surface area contributed by atoms with Gasteiger partial charge in [0.15, 0.2) is 0 Å². The summed E-state index contributed by atoms with van der Waals surface area (Å²) in [7, 11) is 0. The van der Waals surface area contributed by atoms with Crippen LogP contribution in [0.3, 0.4) is 0 Å². The number of nitrogens with zero attached hydrogens (tertiary/aromatic N) is 5. The summed E-state index contributed by atoms with van der Waals surface area (Å²) in [5, 5.41) is 6.31. The molecule has 3 heterocycles. The highest BCUT2D eigenvalue weighted by Crippen LogP contribution is 2.23. The van der Waals surface area contributed by atoms with E-state index in [-0.39, 0.29) is 17.6 Å². The quantitative estimate of drug-likeness (QED) is 0.861. The van der Waals surface area contributed by atoms with Crippen molar-refractivity contribution in [3.05, 3.63) is 12.2 Å². The highest BCUT2D eigenvalue weighted by Gasteiger charge is 2.28. The van der Waals surface area contributed by atoms with Gasteiger partial charge in [0.1, 0.15) is 6.33 Å². The van der Waals surface area contributed by atoms with Crippen LogP contribution in [-0.4, -0.2) is 87.0 Å². The molecule has 1 aromatic rings. The Bertz CT molecular complexity index is 572. The zero-order chi connectivity index (χ0) is 17.8. The summed E-state index contributed by atoms with van der Waals surface area (Å²) in [5.74, 6) is 0.841. The van der Waals surface area contributed by atoms with Gasteiger partial charge in [0.05, 0.1) is 0 Å². The van der Waals surface area contributed by atoms with Crippen molar-refractivity contribution in [2.75, 3.05) is 39.3 Å². The van der Waals surface area contributed by atoms with Gasteiger partial charge in [-0.15, -0.1) is 0 Å². The summed E-state index contributed by atoms with van der Waals surface area (Å²) in [5.41, 5.74) is 0. The Morgan fingerprint density at radius 1 is 1.12 bits per heavy atom. The van der Waals surface area contributed by atoms with Gasteiger partial charge in [0.2, 0.25) is 11.7 Å². The minimum absolute atomic E-state index is 0.148. The van der Waals surface area contributed by atoms with E-state index in [0.717, 1.165) is 25.9 Å². The van der Waals surface area contributed by atoms with Crippen molar-refractivity contribution in [3.8, 4) is 0 Å². The fraction of sp³-hybridized carbons (Fsp3) is 0.765. The molecule has 0 saturated carbocycles. The molecule has 2 aliphatic rings. The fourth-order valence-corrected chi connectivity index (χ4v) is 3.67. The maximum absolute atomic E-state index is 12.6. The van der Waals surface area contributed by atoms with Crippen LogP contribution in [-0.2, 0) is 4.79 Å². The molecule has 0 aromatic carbocycles. The second-order valence-electron chi connectivity index (χ2n) is 7.28. The van der Waals surface area contributed by atoms with Crippen LogP contribution in [0.15, 0.2) is 6.33 Å². The molecule has 1 aromatic heterocycles. The predicted molar refractivity (Wildman–Crippen MR) is 92.9 cm³/mol. The van der Waals surface area contributed by atoms with Crippen LogP contribution in [0.25, 0.3) is 0 Å². The second kappa shape index (κ2) is 7.95. The topological polar surface area (TPSA) is 85.4 Å². The summed E-state index contributed by atoms with van der Waals surface area (Å²) in [4.78, 5) is 34.8. The average molecular weight is 348 g/mol. The van der Waals surface area contributed by atoms with Gasteiger partial charge in [-0.1, -0.05) is 0 Å².